The summed E-state index contributed by atoms with van der Waals surface area (Å²) in [4.78, 5) is 4.25. The molecule has 2 aromatic carbocycles. The fraction of sp³-hybridized carbons (Fsp3) is 0.263. The minimum Gasteiger partial charge on any atom is -0.331 e. The molecule has 0 saturated carbocycles. The van der Waals surface area contributed by atoms with Gasteiger partial charge in [-0.15, -0.1) is 0 Å². The molecule has 0 unspecified atom stereocenters. The molecule has 0 heterocycles. The van der Waals surface area contributed by atoms with Crippen molar-refractivity contribution in [2.24, 2.45) is 0 Å². The smallest absolute Gasteiger partial charge is 0.0620 e. The van der Waals surface area contributed by atoms with E-state index < -0.39 is 0 Å². The third-order valence-electron chi connectivity index (χ3n) is 3.18. The van der Waals surface area contributed by atoms with Crippen molar-refractivity contribution in [3.8, 4) is 12.0 Å². The van der Waals surface area contributed by atoms with Crippen LogP contribution in [0, 0.1) is 12.0 Å². The monoisotopic (exact) mass is 278 g/mol. The van der Waals surface area contributed by atoms with Gasteiger partial charge in [-0.05, 0) is 18.2 Å². The number of benzene rings is 2. The molecule has 0 amide bonds. The zero-order chi connectivity index (χ0) is 14.9. The van der Waals surface area contributed by atoms with E-state index in [1.54, 1.807) is 0 Å². The van der Waals surface area contributed by atoms with Gasteiger partial charge >= 0.3 is 0 Å². The van der Waals surface area contributed by atoms with E-state index in [0.29, 0.717) is 0 Å². The van der Waals surface area contributed by atoms with E-state index in [-0.39, 0.29) is 0 Å². The molecule has 0 N–H and O–H groups in total. The van der Waals surface area contributed by atoms with Crippen molar-refractivity contribution >= 4 is 0 Å². The lowest BCUT2D eigenvalue weighted by atomic mass is 10.2. The first-order chi connectivity index (χ1) is 10.2. The van der Waals surface area contributed by atoms with Crippen molar-refractivity contribution in [2.45, 2.75) is 13.1 Å². The molecule has 2 aromatic rings. The van der Waals surface area contributed by atoms with E-state index in [4.69, 9.17) is 0 Å². The maximum atomic E-state index is 3.23. The molecule has 0 aromatic heterocycles. The fourth-order valence-corrected chi connectivity index (χ4v) is 2.15. The normalized spacial score (nSPS) is 10.0. The zero-order valence-corrected chi connectivity index (χ0v) is 12.8. The van der Waals surface area contributed by atoms with Crippen LogP contribution in [0.25, 0.3) is 0 Å². The summed E-state index contributed by atoms with van der Waals surface area (Å²) >= 11 is 0. The molecular weight excluding hydrogens is 256 g/mol. The fourth-order valence-electron chi connectivity index (χ4n) is 2.15. The van der Waals surface area contributed by atoms with E-state index >= 15 is 0 Å². The first-order valence-electron chi connectivity index (χ1n) is 7.20. The predicted octanol–water partition coefficient (Wildman–Crippen LogP) is 3.21. The maximum Gasteiger partial charge on any atom is 0.0620 e. The second-order valence-corrected chi connectivity index (χ2v) is 5.29. The summed E-state index contributed by atoms with van der Waals surface area (Å²) in [7, 11) is 4.12. The van der Waals surface area contributed by atoms with Crippen LogP contribution in [-0.4, -0.2) is 30.4 Å². The Kier molecular flexibility index (Phi) is 5.87. The highest BCUT2D eigenvalue weighted by molar-refractivity contribution is 5.16. The lowest BCUT2D eigenvalue weighted by Crippen LogP contribution is -2.18. The van der Waals surface area contributed by atoms with Crippen molar-refractivity contribution in [3.05, 3.63) is 71.8 Å². The summed E-state index contributed by atoms with van der Waals surface area (Å²) in [6, 6.07) is 24.1. The van der Waals surface area contributed by atoms with Crippen LogP contribution in [-0.2, 0) is 13.1 Å². The van der Waals surface area contributed by atoms with Gasteiger partial charge in [-0.2, -0.15) is 0 Å². The van der Waals surface area contributed by atoms with Gasteiger partial charge in [-0.3, -0.25) is 4.90 Å². The molecule has 21 heavy (non-hydrogen) atoms. The Bertz CT molecular complexity index is 581. The summed E-state index contributed by atoms with van der Waals surface area (Å²) in [6.45, 7) is 2.56. The molecule has 108 valence electrons. The van der Waals surface area contributed by atoms with Crippen LogP contribution in [0.4, 0.5) is 0 Å². The first-order valence-corrected chi connectivity index (χ1v) is 7.20. The minimum absolute atomic E-state index is 0.772. The second kappa shape index (κ2) is 8.14. The third kappa shape index (κ3) is 5.72. The van der Waals surface area contributed by atoms with Crippen LogP contribution >= 0.6 is 0 Å². The lowest BCUT2D eigenvalue weighted by molar-refractivity contribution is 0.367. The molecule has 0 atom stereocenters. The molecule has 0 fully saturated rings. The van der Waals surface area contributed by atoms with Crippen molar-refractivity contribution in [1.29, 1.82) is 0 Å². The van der Waals surface area contributed by atoms with Crippen molar-refractivity contribution < 1.29 is 0 Å². The number of hydrogen-bond acceptors (Lipinski definition) is 2. The average molecular weight is 278 g/mol. The molecule has 2 nitrogen and oxygen atoms in total. The second-order valence-electron chi connectivity index (χ2n) is 5.29. The Morgan fingerprint density at radius 2 is 1.29 bits per heavy atom. The van der Waals surface area contributed by atoms with Gasteiger partial charge < -0.3 is 4.90 Å². The quantitative estimate of drug-likeness (QED) is 0.612. The van der Waals surface area contributed by atoms with Crippen LogP contribution < -0.4 is 0 Å². The summed E-state index contributed by atoms with van der Waals surface area (Å²) < 4.78 is 0. The van der Waals surface area contributed by atoms with E-state index in [2.05, 4.69) is 72.4 Å². The van der Waals surface area contributed by atoms with Gasteiger partial charge in [0.25, 0.3) is 0 Å². The molecule has 0 aliphatic heterocycles. The number of rotatable bonds is 5. The first kappa shape index (κ1) is 15.2. The van der Waals surface area contributed by atoms with Gasteiger partial charge in [-0.25, -0.2) is 0 Å². The number of hydrogen-bond donors (Lipinski definition) is 0. The highest BCUT2D eigenvalue weighted by Crippen LogP contribution is 2.02. The van der Waals surface area contributed by atoms with Gasteiger partial charge in [-0.1, -0.05) is 66.6 Å². The largest absolute Gasteiger partial charge is 0.331 e. The highest BCUT2D eigenvalue weighted by Gasteiger charge is 1.98. The van der Waals surface area contributed by atoms with Crippen molar-refractivity contribution in [3.63, 3.8) is 0 Å². The van der Waals surface area contributed by atoms with Crippen LogP contribution in [0.2, 0.25) is 0 Å². The zero-order valence-electron chi connectivity index (χ0n) is 12.8. The Labute approximate surface area is 128 Å². The van der Waals surface area contributed by atoms with Crippen LogP contribution in [0.5, 0.6) is 0 Å². The van der Waals surface area contributed by atoms with E-state index in [0.717, 1.165) is 19.6 Å². The summed E-state index contributed by atoms with van der Waals surface area (Å²) in [5.41, 5.74) is 2.60. The molecule has 0 aliphatic rings. The van der Waals surface area contributed by atoms with Crippen molar-refractivity contribution in [1.82, 2.24) is 9.80 Å². The minimum atomic E-state index is 0.772. The van der Waals surface area contributed by atoms with E-state index in [1.165, 1.54) is 11.1 Å². The Balaban J connectivity index is 1.77. The summed E-state index contributed by atoms with van der Waals surface area (Å²) in [5.74, 6) is 3.23. The van der Waals surface area contributed by atoms with E-state index in [9.17, 15) is 0 Å². The Morgan fingerprint density at radius 3 is 1.86 bits per heavy atom. The predicted molar refractivity (Wildman–Crippen MR) is 88.5 cm³/mol. The molecule has 0 spiro atoms. The van der Waals surface area contributed by atoms with Gasteiger partial charge in [0.2, 0.25) is 0 Å². The van der Waals surface area contributed by atoms with Gasteiger partial charge in [0.1, 0.15) is 0 Å². The standard InChI is InChI=1S/C19H22N2/c1-20(16-18-10-5-3-6-11-18)14-9-15-21(2)17-19-12-7-4-8-13-19/h3-8,10-13H,14,16-17H2,1-2H3. The molecule has 2 heteroatoms. The summed E-state index contributed by atoms with van der Waals surface area (Å²) in [6.07, 6.45) is 0. The average Bonchev–Trinajstić information content (AvgIpc) is 2.49. The lowest BCUT2D eigenvalue weighted by Gasteiger charge is -2.14. The van der Waals surface area contributed by atoms with Crippen LogP contribution in [0.1, 0.15) is 11.1 Å². The SMILES string of the molecule is CN(C#CCN(C)Cc1ccccc1)Cc1ccccc1. The highest BCUT2D eigenvalue weighted by atomic mass is 15.1. The van der Waals surface area contributed by atoms with Gasteiger partial charge in [0, 0.05) is 19.6 Å². The van der Waals surface area contributed by atoms with Gasteiger partial charge in [0.15, 0.2) is 0 Å². The summed E-state index contributed by atoms with van der Waals surface area (Å²) in [5, 5.41) is 0. The maximum absolute atomic E-state index is 3.23. The van der Waals surface area contributed by atoms with Crippen LogP contribution in [0.3, 0.4) is 0 Å². The topological polar surface area (TPSA) is 6.48 Å². The molecule has 0 bridgehead atoms. The van der Waals surface area contributed by atoms with Crippen LogP contribution in [0.15, 0.2) is 60.7 Å². The molecule has 0 radical (unpaired) electrons. The molecule has 2 rings (SSSR count). The Morgan fingerprint density at radius 1 is 0.762 bits per heavy atom. The van der Waals surface area contributed by atoms with Gasteiger partial charge in [0.05, 0.1) is 13.1 Å². The molecular formula is C19H22N2. The molecule has 0 aliphatic carbocycles. The van der Waals surface area contributed by atoms with Crippen molar-refractivity contribution in [2.75, 3.05) is 20.6 Å². The third-order valence-corrected chi connectivity index (χ3v) is 3.18. The Hall–Kier alpha value is -2.24. The number of nitrogens with zero attached hydrogens (tertiary/aromatic N) is 2. The molecule has 0 saturated heterocycles. The van der Waals surface area contributed by atoms with E-state index in [1.807, 2.05) is 24.1 Å².